The van der Waals surface area contributed by atoms with E-state index in [1.807, 2.05) is 6.92 Å². The third-order valence-corrected chi connectivity index (χ3v) is 3.80. The van der Waals surface area contributed by atoms with Crippen LogP contribution in [0.25, 0.3) is 0 Å². The average molecular weight is 211 g/mol. The maximum atomic E-state index is 11.6. The normalized spacial score (nSPS) is 35.7. The molecule has 2 rings (SSSR count). The molecule has 0 amide bonds. The lowest BCUT2D eigenvalue weighted by molar-refractivity contribution is -0.147. The van der Waals surface area contributed by atoms with Crippen LogP contribution in [0.2, 0.25) is 0 Å². The van der Waals surface area contributed by atoms with Crippen molar-refractivity contribution >= 4 is 5.97 Å². The van der Waals surface area contributed by atoms with Crippen molar-refractivity contribution in [1.82, 2.24) is 5.32 Å². The van der Waals surface area contributed by atoms with Gasteiger partial charge in [0.1, 0.15) is 6.04 Å². The summed E-state index contributed by atoms with van der Waals surface area (Å²) in [4.78, 5) is 11.6. The summed E-state index contributed by atoms with van der Waals surface area (Å²) in [6.45, 7) is 3.36. The molecule has 0 aromatic heterocycles. The lowest BCUT2D eigenvalue weighted by atomic mass is 9.74. The van der Waals surface area contributed by atoms with Gasteiger partial charge in [-0.2, -0.15) is 0 Å². The summed E-state index contributed by atoms with van der Waals surface area (Å²) in [5.74, 6) is 1.51. The second-order valence-corrected chi connectivity index (χ2v) is 4.75. The third kappa shape index (κ3) is 2.51. The molecule has 1 N–H and O–H groups in total. The zero-order valence-corrected chi connectivity index (χ0v) is 9.50. The Kier molecular flexibility index (Phi) is 3.62. The average Bonchev–Trinajstić information content (AvgIpc) is 2.29. The maximum absolute atomic E-state index is 11.6. The fourth-order valence-electron chi connectivity index (χ4n) is 2.97. The molecule has 0 aromatic carbocycles. The number of carbonyl (C=O) groups excluding carboxylic acids is 1. The molecule has 1 saturated carbocycles. The highest BCUT2D eigenvalue weighted by Gasteiger charge is 2.35. The first-order valence-corrected chi connectivity index (χ1v) is 6.21. The van der Waals surface area contributed by atoms with Gasteiger partial charge in [0.05, 0.1) is 6.61 Å². The SMILES string of the molecule is CCOC(=O)C1CC2CCCCC2CN1. The van der Waals surface area contributed by atoms with Crippen molar-refractivity contribution < 1.29 is 9.53 Å². The zero-order chi connectivity index (χ0) is 10.7. The fraction of sp³-hybridized carbons (Fsp3) is 0.917. The van der Waals surface area contributed by atoms with E-state index >= 15 is 0 Å². The quantitative estimate of drug-likeness (QED) is 0.707. The predicted octanol–water partition coefficient (Wildman–Crippen LogP) is 1.72. The van der Waals surface area contributed by atoms with Gasteiger partial charge in [0, 0.05) is 0 Å². The number of hydrogen-bond acceptors (Lipinski definition) is 3. The van der Waals surface area contributed by atoms with Crippen LogP contribution in [0, 0.1) is 11.8 Å². The van der Waals surface area contributed by atoms with Crippen LogP contribution in [-0.2, 0) is 9.53 Å². The molecule has 0 spiro atoms. The topological polar surface area (TPSA) is 38.3 Å². The number of carbonyl (C=O) groups is 1. The molecule has 1 saturated heterocycles. The van der Waals surface area contributed by atoms with Crippen LogP contribution in [-0.4, -0.2) is 25.2 Å². The lowest BCUT2D eigenvalue weighted by Crippen LogP contribution is -2.49. The number of rotatable bonds is 2. The predicted molar refractivity (Wildman–Crippen MR) is 58.5 cm³/mol. The van der Waals surface area contributed by atoms with Gasteiger partial charge in [-0.05, 0) is 38.1 Å². The summed E-state index contributed by atoms with van der Waals surface area (Å²) in [6, 6.07) is -0.0377. The number of fused-ring (bicyclic) bond motifs is 1. The Morgan fingerprint density at radius 3 is 2.80 bits per heavy atom. The van der Waals surface area contributed by atoms with Crippen LogP contribution in [0.15, 0.2) is 0 Å². The summed E-state index contributed by atoms with van der Waals surface area (Å²) in [5.41, 5.74) is 0. The fourth-order valence-corrected chi connectivity index (χ4v) is 2.97. The molecule has 3 unspecified atom stereocenters. The summed E-state index contributed by atoms with van der Waals surface area (Å²) >= 11 is 0. The minimum Gasteiger partial charge on any atom is -0.465 e. The largest absolute Gasteiger partial charge is 0.465 e. The van der Waals surface area contributed by atoms with Crippen molar-refractivity contribution in [1.29, 1.82) is 0 Å². The van der Waals surface area contributed by atoms with Crippen LogP contribution in [0.4, 0.5) is 0 Å². The number of esters is 1. The maximum Gasteiger partial charge on any atom is 0.323 e. The van der Waals surface area contributed by atoms with Crippen LogP contribution in [0.1, 0.15) is 39.0 Å². The molecule has 0 radical (unpaired) electrons. The van der Waals surface area contributed by atoms with Gasteiger partial charge >= 0.3 is 5.97 Å². The van der Waals surface area contributed by atoms with E-state index in [-0.39, 0.29) is 12.0 Å². The molecule has 1 aliphatic heterocycles. The monoisotopic (exact) mass is 211 g/mol. The standard InChI is InChI=1S/C12H21NO2/c1-2-15-12(14)11-7-9-5-3-4-6-10(9)8-13-11/h9-11,13H,2-8H2,1H3. The van der Waals surface area contributed by atoms with Crippen molar-refractivity contribution in [2.75, 3.05) is 13.2 Å². The van der Waals surface area contributed by atoms with Gasteiger partial charge in [0.25, 0.3) is 0 Å². The van der Waals surface area contributed by atoms with Gasteiger partial charge in [-0.15, -0.1) is 0 Å². The Labute approximate surface area is 91.6 Å². The molecule has 1 heterocycles. The molecule has 2 fully saturated rings. The van der Waals surface area contributed by atoms with Gasteiger partial charge in [0.2, 0.25) is 0 Å². The summed E-state index contributed by atoms with van der Waals surface area (Å²) < 4.78 is 5.06. The van der Waals surface area contributed by atoms with E-state index in [2.05, 4.69) is 5.32 Å². The Bertz CT molecular complexity index is 230. The van der Waals surface area contributed by atoms with Crippen molar-refractivity contribution in [2.24, 2.45) is 11.8 Å². The highest BCUT2D eigenvalue weighted by molar-refractivity contribution is 5.75. The van der Waals surface area contributed by atoms with Crippen molar-refractivity contribution in [3.63, 3.8) is 0 Å². The van der Waals surface area contributed by atoms with Crippen molar-refractivity contribution in [2.45, 2.75) is 45.1 Å². The van der Waals surface area contributed by atoms with E-state index in [4.69, 9.17) is 4.74 Å². The van der Waals surface area contributed by atoms with Gasteiger partial charge in [0.15, 0.2) is 0 Å². The summed E-state index contributed by atoms with van der Waals surface area (Å²) in [6.07, 6.45) is 6.35. The van der Waals surface area contributed by atoms with E-state index < -0.39 is 0 Å². The Morgan fingerprint density at radius 1 is 1.33 bits per heavy atom. The number of hydrogen-bond donors (Lipinski definition) is 1. The first kappa shape index (κ1) is 10.9. The summed E-state index contributed by atoms with van der Waals surface area (Å²) in [7, 11) is 0. The molecule has 2 aliphatic rings. The number of piperidine rings is 1. The van der Waals surface area contributed by atoms with Gasteiger partial charge in [-0.25, -0.2) is 0 Å². The van der Waals surface area contributed by atoms with Crippen molar-refractivity contribution in [3.05, 3.63) is 0 Å². The Morgan fingerprint density at radius 2 is 2.07 bits per heavy atom. The second kappa shape index (κ2) is 4.97. The van der Waals surface area contributed by atoms with Gasteiger partial charge in [-0.1, -0.05) is 19.3 Å². The minimum atomic E-state index is -0.0541. The highest BCUT2D eigenvalue weighted by Crippen LogP contribution is 2.35. The van der Waals surface area contributed by atoms with Crippen LogP contribution in [0.3, 0.4) is 0 Å². The molecular weight excluding hydrogens is 190 g/mol. The van der Waals surface area contributed by atoms with Gasteiger partial charge < -0.3 is 10.1 Å². The highest BCUT2D eigenvalue weighted by atomic mass is 16.5. The molecule has 0 aromatic rings. The van der Waals surface area contributed by atoms with E-state index in [9.17, 15) is 4.79 Å². The van der Waals surface area contributed by atoms with E-state index in [1.54, 1.807) is 0 Å². The Balaban J connectivity index is 1.87. The molecule has 15 heavy (non-hydrogen) atoms. The van der Waals surface area contributed by atoms with Gasteiger partial charge in [-0.3, -0.25) is 4.79 Å². The lowest BCUT2D eigenvalue weighted by Gasteiger charge is -2.39. The molecule has 0 bridgehead atoms. The molecular formula is C12H21NO2. The Hall–Kier alpha value is -0.570. The van der Waals surface area contributed by atoms with Crippen LogP contribution >= 0.6 is 0 Å². The number of ether oxygens (including phenoxy) is 1. The second-order valence-electron chi connectivity index (χ2n) is 4.75. The summed E-state index contributed by atoms with van der Waals surface area (Å²) in [5, 5.41) is 3.33. The number of nitrogens with one attached hydrogen (secondary N) is 1. The first-order chi connectivity index (χ1) is 7.31. The smallest absolute Gasteiger partial charge is 0.323 e. The third-order valence-electron chi connectivity index (χ3n) is 3.80. The molecule has 1 aliphatic carbocycles. The van der Waals surface area contributed by atoms with Crippen molar-refractivity contribution in [3.8, 4) is 0 Å². The first-order valence-electron chi connectivity index (χ1n) is 6.21. The van der Waals surface area contributed by atoms with E-state index in [0.717, 1.165) is 24.8 Å². The van der Waals surface area contributed by atoms with E-state index in [1.165, 1.54) is 25.7 Å². The molecule has 86 valence electrons. The molecule has 3 heteroatoms. The molecule has 3 nitrogen and oxygen atoms in total. The van der Waals surface area contributed by atoms with E-state index in [0.29, 0.717) is 6.61 Å². The zero-order valence-electron chi connectivity index (χ0n) is 9.50. The van der Waals surface area contributed by atoms with Crippen LogP contribution in [0.5, 0.6) is 0 Å². The minimum absolute atomic E-state index is 0.0377. The molecule has 3 atom stereocenters. The van der Waals surface area contributed by atoms with Crippen LogP contribution < -0.4 is 5.32 Å².